The molecule has 2 N–H and O–H groups in total. The summed E-state index contributed by atoms with van der Waals surface area (Å²) in [6.07, 6.45) is 0.863. The van der Waals surface area contributed by atoms with Gasteiger partial charge in [0.15, 0.2) is 5.69 Å². The summed E-state index contributed by atoms with van der Waals surface area (Å²) >= 11 is 6.05. The summed E-state index contributed by atoms with van der Waals surface area (Å²) in [5.41, 5.74) is 3.35. The standard InChI is InChI=1S/C16H19ClN4O2/c1-21(9-10-7-11(17)3-4-14(10)23-2)16(22)15-12-8-18-6-5-13(12)19-20-15/h3-4,7,18H,5-6,8-9H2,1-2H3,(H,19,20). The quantitative estimate of drug-likeness (QED) is 0.897. The van der Waals surface area contributed by atoms with Crippen molar-refractivity contribution in [3.63, 3.8) is 0 Å². The Morgan fingerprint density at radius 1 is 1.48 bits per heavy atom. The molecule has 1 aliphatic heterocycles. The van der Waals surface area contributed by atoms with Crippen LogP contribution in [0.3, 0.4) is 0 Å². The van der Waals surface area contributed by atoms with Gasteiger partial charge in [-0.1, -0.05) is 11.6 Å². The third-order valence-electron chi connectivity index (χ3n) is 4.01. The van der Waals surface area contributed by atoms with Crippen molar-refractivity contribution >= 4 is 17.5 Å². The number of hydrogen-bond donors (Lipinski definition) is 2. The molecule has 6 nitrogen and oxygen atoms in total. The van der Waals surface area contributed by atoms with Crippen molar-refractivity contribution in [1.82, 2.24) is 20.4 Å². The lowest BCUT2D eigenvalue weighted by Crippen LogP contribution is -2.30. The zero-order valence-corrected chi connectivity index (χ0v) is 13.9. The van der Waals surface area contributed by atoms with Crippen LogP contribution >= 0.6 is 11.6 Å². The predicted octanol–water partition coefficient (Wildman–Crippen LogP) is 1.99. The lowest BCUT2D eigenvalue weighted by molar-refractivity contribution is 0.0777. The average molecular weight is 335 g/mol. The highest BCUT2D eigenvalue weighted by atomic mass is 35.5. The molecule has 0 unspecified atom stereocenters. The Morgan fingerprint density at radius 3 is 3.09 bits per heavy atom. The van der Waals surface area contributed by atoms with Gasteiger partial charge in [0.1, 0.15) is 5.75 Å². The van der Waals surface area contributed by atoms with Crippen LogP contribution in [0, 0.1) is 0 Å². The molecule has 3 rings (SSSR count). The number of nitrogens with one attached hydrogen (secondary N) is 2. The number of carbonyl (C=O) groups is 1. The van der Waals surface area contributed by atoms with Gasteiger partial charge in [-0.2, -0.15) is 5.10 Å². The van der Waals surface area contributed by atoms with Gasteiger partial charge in [0.05, 0.1) is 7.11 Å². The second-order valence-electron chi connectivity index (χ2n) is 5.57. The number of methoxy groups -OCH3 is 1. The van der Waals surface area contributed by atoms with Crippen LogP contribution in [0.5, 0.6) is 5.75 Å². The largest absolute Gasteiger partial charge is 0.496 e. The molecular weight excluding hydrogens is 316 g/mol. The molecule has 1 amide bonds. The number of carbonyl (C=O) groups excluding carboxylic acids is 1. The van der Waals surface area contributed by atoms with E-state index in [0.29, 0.717) is 29.6 Å². The van der Waals surface area contributed by atoms with Crippen molar-refractivity contribution in [1.29, 1.82) is 0 Å². The van der Waals surface area contributed by atoms with Crippen molar-refractivity contribution in [2.24, 2.45) is 0 Å². The zero-order chi connectivity index (χ0) is 16.4. The first kappa shape index (κ1) is 15.8. The zero-order valence-electron chi connectivity index (χ0n) is 13.1. The van der Waals surface area contributed by atoms with Gasteiger partial charge in [-0.3, -0.25) is 9.89 Å². The first-order chi connectivity index (χ1) is 11.1. The Morgan fingerprint density at radius 2 is 2.30 bits per heavy atom. The molecule has 7 heteroatoms. The fourth-order valence-electron chi connectivity index (χ4n) is 2.78. The molecule has 23 heavy (non-hydrogen) atoms. The molecule has 0 bridgehead atoms. The van der Waals surface area contributed by atoms with Gasteiger partial charge in [-0.25, -0.2) is 0 Å². The number of fused-ring (bicyclic) bond motifs is 1. The number of nitrogens with zero attached hydrogens (tertiary/aromatic N) is 2. The maximum atomic E-state index is 12.7. The monoisotopic (exact) mass is 334 g/mol. The molecule has 2 heterocycles. The molecule has 2 aromatic rings. The van der Waals surface area contributed by atoms with Crippen LogP contribution in [0.1, 0.15) is 27.3 Å². The van der Waals surface area contributed by atoms with E-state index in [9.17, 15) is 4.79 Å². The Kier molecular flexibility index (Phi) is 4.54. The molecule has 0 saturated heterocycles. The minimum atomic E-state index is -0.117. The highest BCUT2D eigenvalue weighted by Gasteiger charge is 2.24. The summed E-state index contributed by atoms with van der Waals surface area (Å²) in [4.78, 5) is 14.3. The Hall–Kier alpha value is -2.05. The van der Waals surface area contributed by atoms with Gasteiger partial charge < -0.3 is 15.0 Å². The number of ether oxygens (including phenoxy) is 1. The number of benzene rings is 1. The van der Waals surface area contributed by atoms with Gasteiger partial charge in [-0.15, -0.1) is 0 Å². The molecule has 1 aromatic carbocycles. The molecule has 1 aromatic heterocycles. The van der Waals surface area contributed by atoms with Crippen molar-refractivity contribution in [2.45, 2.75) is 19.5 Å². The Bertz CT molecular complexity index is 729. The fraction of sp³-hybridized carbons (Fsp3) is 0.375. The number of aromatic nitrogens is 2. The topological polar surface area (TPSA) is 70.2 Å². The molecule has 1 aliphatic rings. The van der Waals surface area contributed by atoms with E-state index in [1.54, 1.807) is 31.2 Å². The molecule has 0 aliphatic carbocycles. The highest BCUT2D eigenvalue weighted by Crippen LogP contribution is 2.25. The maximum Gasteiger partial charge on any atom is 0.274 e. The van der Waals surface area contributed by atoms with E-state index in [4.69, 9.17) is 16.3 Å². The highest BCUT2D eigenvalue weighted by molar-refractivity contribution is 6.30. The molecular formula is C16H19ClN4O2. The minimum Gasteiger partial charge on any atom is -0.496 e. The SMILES string of the molecule is COc1ccc(Cl)cc1CN(C)C(=O)c1n[nH]c2c1CNCC2. The van der Waals surface area contributed by atoms with Gasteiger partial charge >= 0.3 is 0 Å². The van der Waals surface area contributed by atoms with E-state index in [0.717, 1.165) is 29.8 Å². The number of halogens is 1. The summed E-state index contributed by atoms with van der Waals surface area (Å²) < 4.78 is 5.33. The molecule has 0 spiro atoms. The fourth-order valence-corrected chi connectivity index (χ4v) is 2.98. The lowest BCUT2D eigenvalue weighted by Gasteiger charge is -2.19. The Labute approximate surface area is 139 Å². The number of H-pyrrole nitrogens is 1. The van der Waals surface area contributed by atoms with Crippen LogP contribution in [-0.2, 0) is 19.5 Å². The van der Waals surface area contributed by atoms with Crippen LogP contribution in [0.25, 0.3) is 0 Å². The van der Waals surface area contributed by atoms with Gasteiger partial charge in [-0.05, 0) is 18.2 Å². The van der Waals surface area contributed by atoms with Crippen LogP contribution in [0.15, 0.2) is 18.2 Å². The molecule has 122 valence electrons. The summed E-state index contributed by atoms with van der Waals surface area (Å²) in [6, 6.07) is 5.38. The maximum absolute atomic E-state index is 12.7. The molecule has 0 fully saturated rings. The van der Waals surface area contributed by atoms with Crippen LogP contribution in [-0.4, -0.2) is 41.7 Å². The van der Waals surface area contributed by atoms with E-state index in [1.807, 2.05) is 6.07 Å². The van der Waals surface area contributed by atoms with Crippen LogP contribution < -0.4 is 10.1 Å². The first-order valence-electron chi connectivity index (χ1n) is 7.45. The third kappa shape index (κ3) is 3.18. The second kappa shape index (κ2) is 6.60. The predicted molar refractivity (Wildman–Crippen MR) is 87.8 cm³/mol. The summed E-state index contributed by atoms with van der Waals surface area (Å²) in [6.45, 7) is 1.97. The smallest absolute Gasteiger partial charge is 0.274 e. The van der Waals surface area contributed by atoms with Crippen molar-refractivity contribution in [3.05, 3.63) is 45.7 Å². The van der Waals surface area contributed by atoms with E-state index in [-0.39, 0.29) is 5.91 Å². The van der Waals surface area contributed by atoms with Gasteiger partial charge in [0.25, 0.3) is 5.91 Å². The number of aromatic amines is 1. The average Bonchev–Trinajstić information content (AvgIpc) is 2.98. The Balaban J connectivity index is 1.81. The molecule has 0 radical (unpaired) electrons. The normalized spacial score (nSPS) is 13.5. The van der Waals surface area contributed by atoms with Gasteiger partial charge in [0, 0.05) is 54.9 Å². The summed E-state index contributed by atoms with van der Waals surface area (Å²) in [5.74, 6) is 0.591. The number of amides is 1. The molecule has 0 atom stereocenters. The van der Waals surface area contributed by atoms with Gasteiger partial charge in [0.2, 0.25) is 0 Å². The summed E-state index contributed by atoms with van der Waals surface area (Å²) in [7, 11) is 3.35. The first-order valence-corrected chi connectivity index (χ1v) is 7.82. The third-order valence-corrected chi connectivity index (χ3v) is 4.24. The van der Waals surface area contributed by atoms with Crippen molar-refractivity contribution < 1.29 is 9.53 Å². The molecule has 0 saturated carbocycles. The number of hydrogen-bond acceptors (Lipinski definition) is 4. The second-order valence-corrected chi connectivity index (χ2v) is 6.01. The van der Waals surface area contributed by atoms with Crippen LogP contribution in [0.2, 0.25) is 5.02 Å². The minimum absolute atomic E-state index is 0.117. The van der Waals surface area contributed by atoms with Crippen molar-refractivity contribution in [3.8, 4) is 5.75 Å². The summed E-state index contributed by atoms with van der Waals surface area (Å²) in [5, 5.41) is 11.1. The van der Waals surface area contributed by atoms with Crippen LogP contribution in [0.4, 0.5) is 0 Å². The number of rotatable bonds is 4. The van der Waals surface area contributed by atoms with E-state index in [1.165, 1.54) is 0 Å². The van der Waals surface area contributed by atoms with E-state index < -0.39 is 0 Å². The van der Waals surface area contributed by atoms with E-state index in [2.05, 4.69) is 15.5 Å². The van der Waals surface area contributed by atoms with Crippen molar-refractivity contribution in [2.75, 3.05) is 20.7 Å². The van der Waals surface area contributed by atoms with E-state index >= 15 is 0 Å². The lowest BCUT2D eigenvalue weighted by atomic mass is 10.1.